The Bertz CT molecular complexity index is 655. The van der Waals surface area contributed by atoms with Crippen LogP contribution in [0.2, 0.25) is 0 Å². The van der Waals surface area contributed by atoms with E-state index in [-0.39, 0.29) is 76.7 Å². The van der Waals surface area contributed by atoms with Gasteiger partial charge in [-0.25, -0.2) is 4.57 Å². The van der Waals surface area contributed by atoms with Crippen molar-refractivity contribution in [3.8, 4) is 0 Å². The molecule has 1 amide bonds. The summed E-state index contributed by atoms with van der Waals surface area (Å²) in [6.07, 6.45) is 1.74. The number of carbonyl (C=O) groups is 1. The molecule has 3 atom stereocenters. The molecule has 0 rings (SSSR count). The third-order valence-electron chi connectivity index (χ3n) is 4.27. The van der Waals surface area contributed by atoms with Crippen LogP contribution in [0.4, 0.5) is 0 Å². The van der Waals surface area contributed by atoms with E-state index in [1.54, 1.807) is 13.8 Å². The summed E-state index contributed by atoms with van der Waals surface area (Å²) in [6.45, 7) is 4.25. The lowest BCUT2D eigenvalue weighted by Crippen LogP contribution is -2.28. The van der Waals surface area contributed by atoms with Crippen molar-refractivity contribution >= 4 is 32.3 Å². The van der Waals surface area contributed by atoms with Gasteiger partial charge in [-0.3, -0.25) is 13.8 Å². The van der Waals surface area contributed by atoms with Gasteiger partial charge in [0, 0.05) is 25.0 Å². The SMILES string of the molecule is CC(C)OP([O-])(=S)OCCOCCOCCOP(=O)(O)OCC(CO)CCCCNC(=O)C(C)C. The Kier molecular flexibility index (Phi) is 20.0. The van der Waals surface area contributed by atoms with Gasteiger partial charge in [0.25, 0.3) is 0 Å². The molecule has 0 aromatic heterocycles. The summed E-state index contributed by atoms with van der Waals surface area (Å²) in [7, 11) is -4.27. The minimum atomic E-state index is -4.27. The molecule has 0 saturated heterocycles. The van der Waals surface area contributed by atoms with E-state index in [0.29, 0.717) is 13.0 Å². The molecular weight excluding hydrogens is 524 g/mol. The summed E-state index contributed by atoms with van der Waals surface area (Å²) in [6, 6.07) is 0. The van der Waals surface area contributed by atoms with Crippen molar-refractivity contribution in [3.63, 3.8) is 0 Å². The van der Waals surface area contributed by atoms with Gasteiger partial charge in [-0.05, 0) is 26.7 Å². The second-order valence-corrected chi connectivity index (χ2v) is 12.4. The first kappa shape index (κ1) is 35.0. The number of nitrogens with one attached hydrogen (secondary N) is 1. The van der Waals surface area contributed by atoms with Gasteiger partial charge in [0.2, 0.25) is 5.91 Å². The third kappa shape index (κ3) is 21.8. The van der Waals surface area contributed by atoms with Crippen molar-refractivity contribution in [1.29, 1.82) is 0 Å². The predicted octanol–water partition coefficient (Wildman–Crippen LogP) is 1.73. The zero-order chi connectivity index (χ0) is 26.7. The smallest absolute Gasteiger partial charge is 0.472 e. The van der Waals surface area contributed by atoms with Crippen LogP contribution in [0.25, 0.3) is 0 Å². The highest BCUT2D eigenvalue weighted by Gasteiger charge is 2.23. The van der Waals surface area contributed by atoms with Crippen molar-refractivity contribution in [1.82, 2.24) is 5.32 Å². The van der Waals surface area contributed by atoms with Crippen molar-refractivity contribution in [3.05, 3.63) is 0 Å². The molecule has 0 aromatic rings. The second-order valence-electron chi connectivity index (χ2n) is 8.25. The highest BCUT2D eigenvalue weighted by Crippen LogP contribution is 2.43. The average molecular weight is 567 g/mol. The molecule has 0 aliphatic heterocycles. The van der Waals surface area contributed by atoms with E-state index >= 15 is 0 Å². The molecule has 0 heterocycles. The lowest BCUT2D eigenvalue weighted by Gasteiger charge is -2.29. The highest BCUT2D eigenvalue weighted by molar-refractivity contribution is 8.06. The van der Waals surface area contributed by atoms with Gasteiger partial charge in [-0.15, -0.1) is 0 Å². The zero-order valence-corrected chi connectivity index (χ0v) is 23.7. The first-order chi connectivity index (χ1) is 16.4. The Morgan fingerprint density at radius 1 is 0.971 bits per heavy atom. The molecule has 0 fully saturated rings. The Balaban J connectivity index is 3.78. The molecule has 0 spiro atoms. The van der Waals surface area contributed by atoms with E-state index in [4.69, 9.17) is 39.4 Å². The van der Waals surface area contributed by atoms with Gasteiger partial charge in [-0.1, -0.05) is 32.1 Å². The number of ether oxygens (including phenoxy) is 2. The number of carbonyl (C=O) groups excluding carboxylic acids is 1. The van der Waals surface area contributed by atoms with Gasteiger partial charge >= 0.3 is 7.82 Å². The zero-order valence-electron chi connectivity index (χ0n) is 21.1. The number of hydrogen-bond acceptors (Lipinski definition) is 11. The van der Waals surface area contributed by atoms with Crippen molar-refractivity contribution in [2.24, 2.45) is 11.8 Å². The van der Waals surface area contributed by atoms with E-state index in [9.17, 15) is 24.3 Å². The molecule has 210 valence electrons. The van der Waals surface area contributed by atoms with Crippen molar-refractivity contribution in [2.75, 3.05) is 59.4 Å². The Morgan fingerprint density at radius 3 is 2.09 bits per heavy atom. The lowest BCUT2D eigenvalue weighted by molar-refractivity contribution is -0.210. The molecule has 0 saturated carbocycles. The number of amides is 1. The first-order valence-corrected chi connectivity index (χ1v) is 15.7. The third-order valence-corrected chi connectivity index (χ3v) is 7.00. The van der Waals surface area contributed by atoms with E-state index in [1.807, 2.05) is 13.8 Å². The second kappa shape index (κ2) is 20.0. The van der Waals surface area contributed by atoms with Crippen LogP contribution in [-0.2, 0) is 48.7 Å². The molecule has 35 heavy (non-hydrogen) atoms. The fourth-order valence-corrected chi connectivity index (χ4v) is 4.86. The Morgan fingerprint density at radius 2 is 1.54 bits per heavy atom. The Labute approximate surface area is 213 Å². The maximum atomic E-state index is 12.0. The topological polar surface area (TPSA) is 165 Å². The first-order valence-electron chi connectivity index (χ1n) is 11.7. The number of aliphatic hydroxyl groups excluding tert-OH is 1. The molecule has 0 bridgehead atoms. The molecular formula is C20H42NO11P2S-. The number of phosphoric ester groups is 1. The minimum Gasteiger partial charge on any atom is -0.780 e. The number of rotatable bonds is 23. The van der Waals surface area contributed by atoms with Crippen LogP contribution in [0.5, 0.6) is 0 Å². The normalized spacial score (nSPS) is 16.3. The molecule has 0 radical (unpaired) electrons. The number of unbranched alkanes of at least 4 members (excludes halogenated alkanes) is 1. The van der Waals surface area contributed by atoms with Gasteiger partial charge in [0.15, 0.2) is 0 Å². The predicted molar refractivity (Wildman–Crippen MR) is 132 cm³/mol. The number of aliphatic hydroxyl groups is 1. The van der Waals surface area contributed by atoms with Crippen LogP contribution < -0.4 is 10.2 Å². The van der Waals surface area contributed by atoms with Crippen LogP contribution in [0.3, 0.4) is 0 Å². The van der Waals surface area contributed by atoms with Crippen molar-refractivity contribution < 1.29 is 51.8 Å². The highest BCUT2D eigenvalue weighted by atomic mass is 32.5. The largest absolute Gasteiger partial charge is 0.780 e. The maximum absolute atomic E-state index is 12.0. The molecule has 12 nitrogen and oxygen atoms in total. The monoisotopic (exact) mass is 566 g/mol. The summed E-state index contributed by atoms with van der Waals surface area (Å²) in [5, 5.41) is 12.2. The molecule has 15 heteroatoms. The van der Waals surface area contributed by atoms with Crippen LogP contribution >= 0.6 is 14.5 Å². The Hall–Kier alpha value is -0.0100. The summed E-state index contributed by atoms with van der Waals surface area (Å²) in [5.41, 5.74) is 0. The van der Waals surface area contributed by atoms with E-state index in [0.717, 1.165) is 12.8 Å². The van der Waals surface area contributed by atoms with E-state index < -0.39 is 14.5 Å². The van der Waals surface area contributed by atoms with Crippen molar-refractivity contribution in [2.45, 2.75) is 53.1 Å². The van der Waals surface area contributed by atoms with Crippen LogP contribution in [0.15, 0.2) is 0 Å². The van der Waals surface area contributed by atoms with Gasteiger partial charge in [0.1, 0.15) is 6.72 Å². The van der Waals surface area contributed by atoms with E-state index in [1.165, 1.54) is 0 Å². The fraction of sp³-hybridized carbons (Fsp3) is 0.950. The molecule has 0 aliphatic rings. The number of hydrogen-bond donors (Lipinski definition) is 3. The average Bonchev–Trinajstić information content (AvgIpc) is 2.75. The standard InChI is InChI=1S/C20H43NO11P2S/c1-17(2)20(23)21-8-6-5-7-19(15-22)16-31-33(24,25)29-13-11-27-9-10-28-12-14-30-34(26,35)32-18(3)4/h17-19,22H,5-16H2,1-4H3,(H,21,23)(H,24,25)(H,26,35)/p-1. The summed E-state index contributed by atoms with van der Waals surface area (Å²) >= 11 is 4.72. The fourth-order valence-electron chi connectivity index (χ4n) is 2.47. The van der Waals surface area contributed by atoms with Gasteiger partial charge < -0.3 is 38.7 Å². The summed E-state index contributed by atoms with van der Waals surface area (Å²) in [5.74, 6) is -0.393. The van der Waals surface area contributed by atoms with Crippen LogP contribution in [-0.4, -0.2) is 81.4 Å². The van der Waals surface area contributed by atoms with Crippen LogP contribution in [0, 0.1) is 11.8 Å². The lowest BCUT2D eigenvalue weighted by atomic mass is 10.0. The maximum Gasteiger partial charge on any atom is 0.472 e. The van der Waals surface area contributed by atoms with Crippen LogP contribution in [0.1, 0.15) is 47.0 Å². The molecule has 0 aromatic carbocycles. The molecule has 3 unspecified atom stereocenters. The minimum absolute atomic E-state index is 0.00934. The van der Waals surface area contributed by atoms with Gasteiger partial charge in [0.05, 0.1) is 52.4 Å². The molecule has 0 aliphatic carbocycles. The quantitative estimate of drug-likeness (QED) is 0.121. The van der Waals surface area contributed by atoms with Gasteiger partial charge in [-0.2, -0.15) is 0 Å². The summed E-state index contributed by atoms with van der Waals surface area (Å²) in [4.78, 5) is 33.0. The number of phosphoric acid groups is 1. The summed E-state index contributed by atoms with van der Waals surface area (Å²) < 4.78 is 42.2. The molecule has 3 N–H and O–H groups in total. The van der Waals surface area contributed by atoms with E-state index in [2.05, 4.69) is 5.32 Å².